The Morgan fingerprint density at radius 1 is 1.59 bits per heavy atom. The lowest BCUT2D eigenvalue weighted by Crippen LogP contribution is -2.26. The number of rotatable bonds is 8. The molecule has 0 aliphatic heterocycles. The Hall–Kier alpha value is -1.15. The van der Waals surface area contributed by atoms with E-state index in [0.717, 1.165) is 12.8 Å². The van der Waals surface area contributed by atoms with Crippen LogP contribution in [0.5, 0.6) is 0 Å². The summed E-state index contributed by atoms with van der Waals surface area (Å²) in [5.41, 5.74) is 0. The number of unbranched alkanes of at least 4 members (excludes halogenated alkanes) is 1. The van der Waals surface area contributed by atoms with E-state index in [4.69, 9.17) is 5.11 Å². The molecule has 2 N–H and O–H groups in total. The van der Waals surface area contributed by atoms with Gasteiger partial charge in [-0.25, -0.2) is 4.68 Å². The summed E-state index contributed by atoms with van der Waals surface area (Å²) in [5.74, 6) is 0.261. The van der Waals surface area contributed by atoms with Gasteiger partial charge in [-0.3, -0.25) is 4.79 Å². The minimum Gasteiger partial charge on any atom is -0.394 e. The summed E-state index contributed by atoms with van der Waals surface area (Å²) in [5, 5.41) is 23.1. The molecule has 0 aliphatic rings. The van der Waals surface area contributed by atoms with E-state index >= 15 is 0 Å². The second-order valence-corrected chi connectivity index (χ2v) is 4.34. The van der Waals surface area contributed by atoms with Crippen molar-refractivity contribution in [2.75, 3.05) is 18.9 Å². The van der Waals surface area contributed by atoms with Gasteiger partial charge in [0.2, 0.25) is 11.1 Å². The normalized spacial score (nSPS) is 10.5. The number of aliphatic hydroxyl groups excluding tert-OH is 1. The molecule has 0 aromatic carbocycles. The number of carbonyl (C=O) groups is 1. The molecule has 0 unspecified atom stereocenters. The van der Waals surface area contributed by atoms with Crippen LogP contribution in [-0.2, 0) is 11.3 Å². The number of amides is 1. The van der Waals surface area contributed by atoms with Crippen LogP contribution in [-0.4, -0.2) is 50.1 Å². The number of nitrogens with one attached hydrogen (secondary N) is 1. The van der Waals surface area contributed by atoms with E-state index in [0.29, 0.717) is 18.2 Å². The highest BCUT2D eigenvalue weighted by molar-refractivity contribution is 7.99. The van der Waals surface area contributed by atoms with Gasteiger partial charge in [0.25, 0.3) is 0 Å². The molecule has 1 heterocycles. The van der Waals surface area contributed by atoms with Gasteiger partial charge in [-0.05, 0) is 16.8 Å². The lowest BCUT2D eigenvalue weighted by Gasteiger charge is -2.04. The first-order valence-corrected chi connectivity index (χ1v) is 6.53. The lowest BCUT2D eigenvalue weighted by atomic mass is 10.3. The second-order valence-electron chi connectivity index (χ2n) is 3.40. The minimum atomic E-state index is -0.0265. The molecule has 1 rings (SSSR count). The SMILES string of the molecule is CCCCNC(=O)CSc1nnnn1CCO. The van der Waals surface area contributed by atoms with Crippen molar-refractivity contribution in [1.82, 2.24) is 25.5 Å². The van der Waals surface area contributed by atoms with Crippen LogP contribution >= 0.6 is 11.8 Å². The minimum absolute atomic E-state index is 0.0259. The first-order valence-electron chi connectivity index (χ1n) is 5.54. The number of aliphatic hydroxyl groups is 1. The monoisotopic (exact) mass is 259 g/mol. The van der Waals surface area contributed by atoms with Gasteiger partial charge in [0.05, 0.1) is 18.9 Å². The van der Waals surface area contributed by atoms with E-state index in [1.165, 1.54) is 16.4 Å². The van der Waals surface area contributed by atoms with Crippen molar-refractivity contribution in [3.8, 4) is 0 Å². The molecule has 0 fully saturated rings. The van der Waals surface area contributed by atoms with Crippen molar-refractivity contribution in [1.29, 1.82) is 0 Å². The zero-order valence-corrected chi connectivity index (χ0v) is 10.6. The summed E-state index contributed by atoms with van der Waals surface area (Å²) >= 11 is 1.26. The fraction of sp³-hybridized carbons (Fsp3) is 0.778. The van der Waals surface area contributed by atoms with Crippen LogP contribution < -0.4 is 5.32 Å². The smallest absolute Gasteiger partial charge is 0.230 e. The number of hydrogen-bond acceptors (Lipinski definition) is 6. The Morgan fingerprint density at radius 2 is 2.41 bits per heavy atom. The molecule has 8 heteroatoms. The van der Waals surface area contributed by atoms with Gasteiger partial charge in [0.1, 0.15) is 0 Å². The molecule has 0 radical (unpaired) electrons. The van der Waals surface area contributed by atoms with E-state index in [9.17, 15) is 4.79 Å². The fourth-order valence-corrected chi connectivity index (χ4v) is 1.85. The summed E-state index contributed by atoms with van der Waals surface area (Å²) in [6.07, 6.45) is 2.04. The topological polar surface area (TPSA) is 92.9 Å². The van der Waals surface area contributed by atoms with Gasteiger partial charge in [0.15, 0.2) is 0 Å². The van der Waals surface area contributed by atoms with Crippen molar-refractivity contribution in [2.24, 2.45) is 0 Å². The van der Waals surface area contributed by atoms with E-state index in [-0.39, 0.29) is 18.3 Å². The molecule has 0 aliphatic carbocycles. The van der Waals surface area contributed by atoms with Crippen molar-refractivity contribution < 1.29 is 9.90 Å². The zero-order valence-electron chi connectivity index (χ0n) is 9.80. The van der Waals surface area contributed by atoms with Crippen LogP contribution in [0.1, 0.15) is 19.8 Å². The number of hydrogen-bond donors (Lipinski definition) is 2. The maximum Gasteiger partial charge on any atom is 0.230 e. The Bertz CT molecular complexity index is 344. The molecule has 96 valence electrons. The van der Waals surface area contributed by atoms with E-state index in [1.807, 2.05) is 0 Å². The summed E-state index contributed by atoms with van der Waals surface area (Å²) in [4.78, 5) is 11.4. The van der Waals surface area contributed by atoms with Crippen LogP contribution in [0, 0.1) is 0 Å². The first-order chi connectivity index (χ1) is 8.27. The number of thioether (sulfide) groups is 1. The second kappa shape index (κ2) is 8.02. The van der Waals surface area contributed by atoms with Gasteiger partial charge in [-0.15, -0.1) is 5.10 Å². The highest BCUT2D eigenvalue weighted by atomic mass is 32.2. The Morgan fingerprint density at radius 3 is 3.12 bits per heavy atom. The summed E-state index contributed by atoms with van der Waals surface area (Å²) in [7, 11) is 0. The molecule has 0 saturated carbocycles. The van der Waals surface area contributed by atoms with Gasteiger partial charge in [-0.2, -0.15) is 0 Å². The molecule has 17 heavy (non-hydrogen) atoms. The highest BCUT2D eigenvalue weighted by Gasteiger charge is 2.08. The average Bonchev–Trinajstić information content (AvgIpc) is 2.75. The Balaban J connectivity index is 2.29. The van der Waals surface area contributed by atoms with Crippen LogP contribution in [0.4, 0.5) is 0 Å². The number of aromatic nitrogens is 4. The summed E-state index contributed by atoms with van der Waals surface area (Å²) in [6, 6.07) is 0. The largest absolute Gasteiger partial charge is 0.394 e. The highest BCUT2D eigenvalue weighted by Crippen LogP contribution is 2.12. The molecule has 1 aromatic heterocycles. The molecule has 0 bridgehead atoms. The molecule has 1 aromatic rings. The van der Waals surface area contributed by atoms with Gasteiger partial charge in [-0.1, -0.05) is 25.1 Å². The maximum absolute atomic E-state index is 11.4. The maximum atomic E-state index is 11.4. The first kappa shape index (κ1) is 13.9. The zero-order chi connectivity index (χ0) is 12.5. The van der Waals surface area contributed by atoms with E-state index in [1.54, 1.807) is 0 Å². The molecule has 7 nitrogen and oxygen atoms in total. The Labute approximate surface area is 104 Å². The standard InChI is InChI=1S/C9H17N5O2S/c1-2-3-4-10-8(16)7-17-9-11-12-13-14(9)5-6-15/h15H,2-7H2,1H3,(H,10,16). The lowest BCUT2D eigenvalue weighted by molar-refractivity contribution is -0.118. The van der Waals surface area contributed by atoms with Crippen LogP contribution in [0.15, 0.2) is 5.16 Å². The van der Waals surface area contributed by atoms with Crippen LogP contribution in [0.25, 0.3) is 0 Å². The van der Waals surface area contributed by atoms with Crippen LogP contribution in [0.2, 0.25) is 0 Å². The third-order valence-corrected chi connectivity index (χ3v) is 2.95. The third-order valence-electron chi connectivity index (χ3n) is 2.00. The van der Waals surface area contributed by atoms with Crippen molar-refractivity contribution >= 4 is 17.7 Å². The Kier molecular flexibility index (Phi) is 6.56. The number of tetrazole rings is 1. The summed E-state index contributed by atoms with van der Waals surface area (Å²) in [6.45, 7) is 3.09. The molecule has 0 spiro atoms. The van der Waals surface area contributed by atoms with Crippen LogP contribution in [0.3, 0.4) is 0 Å². The van der Waals surface area contributed by atoms with Crippen molar-refractivity contribution in [2.45, 2.75) is 31.5 Å². The molecule has 0 atom stereocenters. The predicted octanol–water partition coefficient (Wildman–Crippen LogP) is -0.326. The quantitative estimate of drug-likeness (QED) is 0.491. The van der Waals surface area contributed by atoms with Gasteiger partial charge in [0, 0.05) is 6.54 Å². The fourth-order valence-electron chi connectivity index (χ4n) is 1.12. The van der Waals surface area contributed by atoms with E-state index in [2.05, 4.69) is 27.8 Å². The molecular weight excluding hydrogens is 242 g/mol. The summed E-state index contributed by atoms with van der Waals surface area (Å²) < 4.78 is 1.48. The number of carbonyl (C=O) groups excluding carboxylic acids is 1. The third kappa shape index (κ3) is 5.14. The van der Waals surface area contributed by atoms with E-state index < -0.39 is 0 Å². The predicted molar refractivity (Wildman–Crippen MR) is 63.5 cm³/mol. The molecule has 1 amide bonds. The van der Waals surface area contributed by atoms with Crippen molar-refractivity contribution in [3.05, 3.63) is 0 Å². The molecule has 0 saturated heterocycles. The van der Waals surface area contributed by atoms with Gasteiger partial charge >= 0.3 is 0 Å². The van der Waals surface area contributed by atoms with Gasteiger partial charge < -0.3 is 10.4 Å². The number of nitrogens with zero attached hydrogens (tertiary/aromatic N) is 4. The average molecular weight is 259 g/mol. The molecular formula is C9H17N5O2S. The van der Waals surface area contributed by atoms with Crippen molar-refractivity contribution in [3.63, 3.8) is 0 Å².